The van der Waals surface area contributed by atoms with Crippen LogP contribution in [0.15, 0.2) is 60.7 Å². The van der Waals surface area contributed by atoms with Gasteiger partial charge in [0.25, 0.3) is 0 Å². The van der Waals surface area contributed by atoms with Gasteiger partial charge < -0.3 is 11.1 Å². The molecule has 1 unspecified atom stereocenters. The molecular formula is C22H31Cl2N3O. The Balaban J connectivity index is 0.00000196. The molecule has 1 fully saturated rings. The molecule has 0 bridgehead atoms. The Morgan fingerprint density at radius 2 is 1.57 bits per heavy atom. The zero-order valence-corrected chi connectivity index (χ0v) is 18.0. The highest BCUT2D eigenvalue weighted by molar-refractivity contribution is 5.87. The fourth-order valence-corrected chi connectivity index (χ4v) is 3.53. The summed E-state index contributed by atoms with van der Waals surface area (Å²) >= 11 is 0. The lowest BCUT2D eigenvalue weighted by Crippen LogP contribution is -2.50. The van der Waals surface area contributed by atoms with Crippen molar-refractivity contribution in [3.63, 3.8) is 0 Å². The predicted molar refractivity (Wildman–Crippen MR) is 120 cm³/mol. The van der Waals surface area contributed by atoms with Crippen LogP contribution in [0.25, 0.3) is 0 Å². The molecule has 1 atom stereocenters. The minimum absolute atomic E-state index is 0. The average Bonchev–Trinajstić information content (AvgIpc) is 2.68. The van der Waals surface area contributed by atoms with Crippen molar-refractivity contribution in [3.8, 4) is 0 Å². The number of nitrogens with two attached hydrogens (primary N) is 1. The predicted octanol–water partition coefficient (Wildman–Crippen LogP) is 3.73. The topological polar surface area (TPSA) is 58.4 Å². The number of nitrogens with zero attached hydrogens (tertiary/aromatic N) is 1. The molecule has 2 aromatic carbocycles. The summed E-state index contributed by atoms with van der Waals surface area (Å²) in [4.78, 5) is 15.1. The zero-order valence-electron chi connectivity index (χ0n) is 16.3. The van der Waals surface area contributed by atoms with Crippen molar-refractivity contribution < 1.29 is 4.79 Å². The van der Waals surface area contributed by atoms with E-state index in [0.717, 1.165) is 38.0 Å². The van der Waals surface area contributed by atoms with Crippen LogP contribution in [0, 0.1) is 5.92 Å². The van der Waals surface area contributed by atoms with Crippen LogP contribution < -0.4 is 11.1 Å². The monoisotopic (exact) mass is 423 g/mol. The van der Waals surface area contributed by atoms with Gasteiger partial charge in [0.2, 0.25) is 5.91 Å². The summed E-state index contributed by atoms with van der Waals surface area (Å²) < 4.78 is 0. The Morgan fingerprint density at radius 3 is 2.14 bits per heavy atom. The molecule has 6 heteroatoms. The van der Waals surface area contributed by atoms with Crippen LogP contribution in [0.3, 0.4) is 0 Å². The maximum atomic E-state index is 12.6. The second-order valence-electron chi connectivity index (χ2n) is 7.48. The number of nitrogens with one attached hydrogen (secondary N) is 1. The second kappa shape index (κ2) is 11.4. The number of hydrogen-bond acceptors (Lipinski definition) is 3. The van der Waals surface area contributed by atoms with Crippen molar-refractivity contribution >= 4 is 30.7 Å². The first-order chi connectivity index (χ1) is 12.6. The molecule has 0 aromatic heterocycles. The molecule has 1 aliphatic heterocycles. The third-order valence-corrected chi connectivity index (χ3v) is 5.35. The first-order valence-electron chi connectivity index (χ1n) is 9.44. The van der Waals surface area contributed by atoms with E-state index >= 15 is 0 Å². The minimum atomic E-state index is -0.991. The van der Waals surface area contributed by atoms with Crippen molar-refractivity contribution in [2.24, 2.45) is 11.7 Å². The van der Waals surface area contributed by atoms with Crippen molar-refractivity contribution in [1.82, 2.24) is 10.2 Å². The molecule has 0 aliphatic carbocycles. The maximum absolute atomic E-state index is 12.6. The fourth-order valence-electron chi connectivity index (χ4n) is 3.53. The summed E-state index contributed by atoms with van der Waals surface area (Å²) in [6.45, 7) is 5.65. The van der Waals surface area contributed by atoms with Crippen LogP contribution in [0.2, 0.25) is 0 Å². The van der Waals surface area contributed by atoms with Crippen LogP contribution in [-0.2, 0) is 16.9 Å². The largest absolute Gasteiger partial charge is 0.354 e. The molecule has 154 valence electrons. The Hall–Kier alpha value is -1.59. The number of hydrogen-bond donors (Lipinski definition) is 2. The number of likely N-dealkylation sites (tertiary alicyclic amines) is 1. The Kier molecular flexibility index (Phi) is 9.97. The molecule has 0 radical (unpaired) electrons. The number of halogens is 2. The van der Waals surface area contributed by atoms with Gasteiger partial charge in [0.15, 0.2) is 0 Å². The SMILES string of the molecule is CC(N)(C(=O)NCC1CCN(Cc2ccccc2)CC1)c1ccccc1.Cl.Cl. The van der Waals surface area contributed by atoms with Crippen molar-refractivity contribution in [2.75, 3.05) is 19.6 Å². The Bertz CT molecular complexity index is 702. The van der Waals surface area contributed by atoms with E-state index in [0.29, 0.717) is 12.5 Å². The molecule has 1 aliphatic rings. The highest BCUT2D eigenvalue weighted by atomic mass is 35.5. The lowest BCUT2D eigenvalue weighted by molar-refractivity contribution is -0.126. The van der Waals surface area contributed by atoms with Crippen LogP contribution in [0.1, 0.15) is 30.9 Å². The molecule has 3 N–H and O–H groups in total. The number of carbonyl (C=O) groups is 1. The lowest BCUT2D eigenvalue weighted by Gasteiger charge is -2.33. The van der Waals surface area contributed by atoms with E-state index < -0.39 is 5.54 Å². The summed E-state index contributed by atoms with van der Waals surface area (Å²) in [5.74, 6) is 0.424. The smallest absolute Gasteiger partial charge is 0.244 e. The quantitative estimate of drug-likeness (QED) is 0.743. The highest BCUT2D eigenvalue weighted by Gasteiger charge is 2.31. The molecule has 1 amide bonds. The third kappa shape index (κ3) is 6.49. The minimum Gasteiger partial charge on any atom is -0.354 e. The first-order valence-corrected chi connectivity index (χ1v) is 9.44. The van der Waals surface area contributed by atoms with E-state index in [9.17, 15) is 4.79 Å². The lowest BCUT2D eigenvalue weighted by atomic mass is 9.91. The summed E-state index contributed by atoms with van der Waals surface area (Å²) in [7, 11) is 0. The van der Waals surface area contributed by atoms with E-state index in [2.05, 4.69) is 40.5 Å². The van der Waals surface area contributed by atoms with E-state index in [-0.39, 0.29) is 30.7 Å². The molecular weight excluding hydrogens is 393 g/mol. The van der Waals surface area contributed by atoms with Crippen LogP contribution >= 0.6 is 24.8 Å². The van der Waals surface area contributed by atoms with Gasteiger partial charge in [-0.2, -0.15) is 0 Å². The van der Waals surface area contributed by atoms with Crippen LogP contribution in [0.5, 0.6) is 0 Å². The fraction of sp³-hybridized carbons (Fsp3) is 0.409. The highest BCUT2D eigenvalue weighted by Crippen LogP contribution is 2.20. The first kappa shape index (κ1) is 24.4. The Labute approximate surface area is 180 Å². The number of amides is 1. The van der Waals surface area contributed by atoms with E-state index in [4.69, 9.17) is 5.73 Å². The second-order valence-corrected chi connectivity index (χ2v) is 7.48. The standard InChI is InChI=1S/C22H29N3O.2ClH/c1-22(23,20-10-6-3-7-11-20)21(26)24-16-18-12-14-25(15-13-18)17-19-8-4-2-5-9-19;;/h2-11,18H,12-17,23H2,1H3,(H,24,26);2*1H. The van der Waals surface area contributed by atoms with Gasteiger partial charge in [0, 0.05) is 13.1 Å². The van der Waals surface area contributed by atoms with Gasteiger partial charge >= 0.3 is 0 Å². The Morgan fingerprint density at radius 1 is 1.04 bits per heavy atom. The van der Waals surface area contributed by atoms with Gasteiger partial charge in [-0.3, -0.25) is 9.69 Å². The summed E-state index contributed by atoms with van der Waals surface area (Å²) in [6.07, 6.45) is 2.22. The number of carbonyl (C=O) groups excluding carboxylic acids is 1. The maximum Gasteiger partial charge on any atom is 0.244 e. The number of piperidine rings is 1. The van der Waals surface area contributed by atoms with Crippen LogP contribution in [0.4, 0.5) is 0 Å². The molecule has 0 spiro atoms. The van der Waals surface area contributed by atoms with Gasteiger partial charge in [-0.15, -0.1) is 24.8 Å². The zero-order chi connectivity index (χ0) is 18.4. The van der Waals surface area contributed by atoms with E-state index in [1.54, 1.807) is 6.92 Å². The van der Waals surface area contributed by atoms with Gasteiger partial charge in [-0.1, -0.05) is 60.7 Å². The summed E-state index contributed by atoms with van der Waals surface area (Å²) in [5.41, 5.74) is 7.50. The van der Waals surface area contributed by atoms with E-state index in [1.807, 2.05) is 30.3 Å². The van der Waals surface area contributed by atoms with Crippen molar-refractivity contribution in [2.45, 2.75) is 31.8 Å². The average molecular weight is 424 g/mol. The molecule has 1 heterocycles. The molecule has 4 nitrogen and oxygen atoms in total. The van der Waals surface area contributed by atoms with Gasteiger partial charge in [0.1, 0.15) is 5.54 Å². The molecule has 3 rings (SSSR count). The molecule has 28 heavy (non-hydrogen) atoms. The van der Waals surface area contributed by atoms with Gasteiger partial charge in [0.05, 0.1) is 0 Å². The van der Waals surface area contributed by atoms with Gasteiger partial charge in [-0.05, 0) is 49.9 Å². The number of rotatable bonds is 6. The molecule has 2 aromatic rings. The molecule has 0 saturated carbocycles. The molecule has 1 saturated heterocycles. The summed E-state index contributed by atoms with van der Waals surface area (Å²) in [6, 6.07) is 20.2. The van der Waals surface area contributed by atoms with Crippen LogP contribution in [-0.4, -0.2) is 30.4 Å². The summed E-state index contributed by atoms with van der Waals surface area (Å²) in [5, 5.41) is 3.07. The number of benzene rings is 2. The normalized spacial score (nSPS) is 16.9. The van der Waals surface area contributed by atoms with Gasteiger partial charge in [-0.25, -0.2) is 0 Å². The van der Waals surface area contributed by atoms with Crippen molar-refractivity contribution in [3.05, 3.63) is 71.8 Å². The van der Waals surface area contributed by atoms with E-state index in [1.165, 1.54) is 5.56 Å². The third-order valence-electron chi connectivity index (χ3n) is 5.35. The van der Waals surface area contributed by atoms with Crippen molar-refractivity contribution in [1.29, 1.82) is 0 Å².